The van der Waals surface area contributed by atoms with Crippen molar-refractivity contribution in [1.82, 2.24) is 5.48 Å². The Kier molecular flexibility index (Phi) is 4.42. The smallest absolute Gasteiger partial charge is 0.278 e. The van der Waals surface area contributed by atoms with Gasteiger partial charge in [-0.25, -0.2) is 5.48 Å². The molecule has 100 valence electrons. The summed E-state index contributed by atoms with van der Waals surface area (Å²) in [5.41, 5.74) is 3.05. The molecule has 1 heterocycles. The Morgan fingerprint density at radius 1 is 1.39 bits per heavy atom. The van der Waals surface area contributed by atoms with Gasteiger partial charge in [-0.3, -0.25) is 9.63 Å². The first-order valence-electron chi connectivity index (χ1n) is 6.66. The van der Waals surface area contributed by atoms with Gasteiger partial charge in [-0.05, 0) is 38.7 Å². The lowest BCUT2D eigenvalue weighted by Gasteiger charge is -2.20. The highest BCUT2D eigenvalue weighted by Crippen LogP contribution is 2.23. The van der Waals surface area contributed by atoms with Crippen molar-refractivity contribution in [1.29, 1.82) is 0 Å². The van der Waals surface area contributed by atoms with E-state index in [2.05, 4.69) is 5.48 Å². The second-order valence-electron chi connectivity index (χ2n) is 5.07. The predicted octanol–water partition coefficient (Wildman–Crippen LogP) is 3.14. The monoisotopic (exact) mass is 251 g/mol. The summed E-state index contributed by atoms with van der Waals surface area (Å²) in [6.45, 7) is 4.22. The topological polar surface area (TPSA) is 51.5 Å². The molecule has 0 atom stereocenters. The first kappa shape index (κ1) is 13.1. The molecule has 1 saturated carbocycles. The third kappa shape index (κ3) is 3.35. The number of hydrogen-bond acceptors (Lipinski definition) is 3. The highest BCUT2D eigenvalue weighted by Gasteiger charge is 2.16. The maximum Gasteiger partial charge on any atom is 0.278 e. The summed E-state index contributed by atoms with van der Waals surface area (Å²) in [7, 11) is 0. The first-order chi connectivity index (χ1) is 8.66. The molecule has 0 radical (unpaired) electrons. The molecule has 1 amide bonds. The number of carbonyl (C=O) groups excluding carboxylic acids is 1. The summed E-state index contributed by atoms with van der Waals surface area (Å²) in [4.78, 5) is 17.1. The molecule has 0 bridgehead atoms. The molecule has 2 rings (SSSR count). The lowest BCUT2D eigenvalue weighted by atomic mass is 9.90. The summed E-state index contributed by atoms with van der Waals surface area (Å²) in [5, 5.41) is 0. The van der Waals surface area contributed by atoms with Crippen molar-refractivity contribution in [3.8, 4) is 0 Å². The van der Waals surface area contributed by atoms with Gasteiger partial charge in [0.25, 0.3) is 5.91 Å². The summed E-state index contributed by atoms with van der Waals surface area (Å²) < 4.78 is 5.32. The van der Waals surface area contributed by atoms with Crippen LogP contribution in [0.5, 0.6) is 0 Å². The number of nitrogens with one attached hydrogen (secondary N) is 1. The quantitative estimate of drug-likeness (QED) is 0.836. The molecule has 18 heavy (non-hydrogen) atoms. The number of rotatable bonds is 4. The number of hydrogen-bond donors (Lipinski definition) is 1. The average Bonchev–Trinajstić information content (AvgIpc) is 2.70. The van der Waals surface area contributed by atoms with E-state index >= 15 is 0 Å². The Hall–Kier alpha value is -1.29. The van der Waals surface area contributed by atoms with E-state index in [0.717, 1.165) is 5.76 Å². The van der Waals surface area contributed by atoms with Crippen molar-refractivity contribution in [3.63, 3.8) is 0 Å². The Bertz CT molecular complexity index is 405. The van der Waals surface area contributed by atoms with E-state index in [1.54, 1.807) is 13.0 Å². The summed E-state index contributed by atoms with van der Waals surface area (Å²) in [5.74, 6) is 1.74. The maximum atomic E-state index is 11.8. The normalized spacial score (nSPS) is 16.8. The van der Waals surface area contributed by atoms with E-state index in [4.69, 9.17) is 9.25 Å². The predicted molar refractivity (Wildman–Crippen MR) is 68.2 cm³/mol. The van der Waals surface area contributed by atoms with Crippen LogP contribution >= 0.6 is 0 Å². The lowest BCUT2D eigenvalue weighted by Crippen LogP contribution is -2.27. The van der Waals surface area contributed by atoms with E-state index in [0.29, 0.717) is 23.8 Å². The minimum Gasteiger partial charge on any atom is -0.466 e. The van der Waals surface area contributed by atoms with E-state index in [1.165, 1.54) is 32.1 Å². The molecule has 4 heteroatoms. The van der Waals surface area contributed by atoms with E-state index < -0.39 is 0 Å². The van der Waals surface area contributed by atoms with Crippen LogP contribution in [0.3, 0.4) is 0 Å². The van der Waals surface area contributed by atoms with Crippen LogP contribution in [0.1, 0.15) is 54.0 Å². The number of furan rings is 1. The molecular weight excluding hydrogens is 230 g/mol. The van der Waals surface area contributed by atoms with Crippen molar-refractivity contribution in [2.45, 2.75) is 46.0 Å². The molecule has 1 aromatic rings. The van der Waals surface area contributed by atoms with Gasteiger partial charge in [-0.15, -0.1) is 0 Å². The second-order valence-corrected chi connectivity index (χ2v) is 5.07. The molecule has 1 aliphatic rings. The zero-order valence-electron chi connectivity index (χ0n) is 11.1. The van der Waals surface area contributed by atoms with Gasteiger partial charge in [0.15, 0.2) is 0 Å². The molecule has 0 aromatic carbocycles. The fraction of sp³-hybridized carbons (Fsp3) is 0.643. The summed E-state index contributed by atoms with van der Waals surface area (Å²) in [6.07, 6.45) is 6.31. The highest BCUT2D eigenvalue weighted by atomic mass is 16.7. The van der Waals surface area contributed by atoms with Crippen molar-refractivity contribution >= 4 is 5.91 Å². The molecule has 0 saturated heterocycles. The zero-order chi connectivity index (χ0) is 13.0. The number of hydroxylamine groups is 1. The molecule has 1 N–H and O–H groups in total. The molecule has 1 aromatic heterocycles. The van der Waals surface area contributed by atoms with E-state index in [-0.39, 0.29) is 5.91 Å². The minimum absolute atomic E-state index is 0.222. The molecule has 1 aliphatic carbocycles. The van der Waals surface area contributed by atoms with Crippen LogP contribution in [0.4, 0.5) is 0 Å². The van der Waals surface area contributed by atoms with Crippen molar-refractivity contribution in [3.05, 3.63) is 23.2 Å². The molecule has 4 nitrogen and oxygen atoms in total. The van der Waals surface area contributed by atoms with Crippen LogP contribution in [0, 0.1) is 19.8 Å². The minimum atomic E-state index is -0.222. The second kappa shape index (κ2) is 6.05. The SMILES string of the molecule is Cc1cc(C(=O)NOCC2CCCCC2)c(C)o1. The van der Waals surface area contributed by atoms with Gasteiger partial charge < -0.3 is 4.42 Å². The van der Waals surface area contributed by atoms with Crippen LogP contribution in [-0.2, 0) is 4.84 Å². The molecule has 1 fully saturated rings. The number of amides is 1. The van der Waals surface area contributed by atoms with Crippen LogP contribution in [0.2, 0.25) is 0 Å². The van der Waals surface area contributed by atoms with Crippen molar-refractivity contribution in [2.24, 2.45) is 5.92 Å². The van der Waals surface area contributed by atoms with Gasteiger partial charge in [0.1, 0.15) is 11.5 Å². The fourth-order valence-electron chi connectivity index (χ4n) is 2.49. The van der Waals surface area contributed by atoms with Crippen LogP contribution in [0.25, 0.3) is 0 Å². The van der Waals surface area contributed by atoms with Gasteiger partial charge in [0.05, 0.1) is 12.2 Å². The average molecular weight is 251 g/mol. The Morgan fingerprint density at radius 2 is 2.11 bits per heavy atom. The number of aryl methyl sites for hydroxylation is 2. The summed E-state index contributed by atoms with van der Waals surface area (Å²) >= 11 is 0. The van der Waals surface area contributed by atoms with Gasteiger partial charge in [0.2, 0.25) is 0 Å². The van der Waals surface area contributed by atoms with Gasteiger partial charge in [-0.1, -0.05) is 19.3 Å². The summed E-state index contributed by atoms with van der Waals surface area (Å²) in [6, 6.07) is 1.73. The Balaban J connectivity index is 1.76. The van der Waals surface area contributed by atoms with Crippen LogP contribution in [-0.4, -0.2) is 12.5 Å². The molecule has 0 spiro atoms. The van der Waals surface area contributed by atoms with Gasteiger partial charge in [0, 0.05) is 0 Å². The molecule has 0 unspecified atom stereocenters. The fourth-order valence-corrected chi connectivity index (χ4v) is 2.49. The van der Waals surface area contributed by atoms with E-state index in [1.807, 2.05) is 6.92 Å². The highest BCUT2D eigenvalue weighted by molar-refractivity contribution is 5.94. The van der Waals surface area contributed by atoms with Crippen molar-refractivity contribution < 1.29 is 14.0 Å². The van der Waals surface area contributed by atoms with Gasteiger partial charge in [-0.2, -0.15) is 0 Å². The molecular formula is C14H21NO3. The van der Waals surface area contributed by atoms with Crippen LogP contribution < -0.4 is 5.48 Å². The first-order valence-corrected chi connectivity index (χ1v) is 6.66. The van der Waals surface area contributed by atoms with Crippen LogP contribution in [0.15, 0.2) is 10.5 Å². The Labute approximate surface area is 108 Å². The van der Waals surface area contributed by atoms with Gasteiger partial charge >= 0.3 is 0 Å². The standard InChI is InChI=1S/C14H21NO3/c1-10-8-13(11(2)18-10)14(16)15-17-9-12-6-4-3-5-7-12/h8,12H,3-7,9H2,1-2H3,(H,15,16). The number of carbonyl (C=O) groups is 1. The zero-order valence-corrected chi connectivity index (χ0v) is 11.1. The maximum absolute atomic E-state index is 11.8. The molecule has 0 aliphatic heterocycles. The lowest BCUT2D eigenvalue weighted by molar-refractivity contribution is 0.0105. The van der Waals surface area contributed by atoms with E-state index in [9.17, 15) is 4.79 Å². The van der Waals surface area contributed by atoms with Crippen molar-refractivity contribution in [2.75, 3.05) is 6.61 Å². The third-order valence-electron chi connectivity index (χ3n) is 3.49. The third-order valence-corrected chi connectivity index (χ3v) is 3.49. The Morgan fingerprint density at radius 3 is 2.72 bits per heavy atom. The largest absolute Gasteiger partial charge is 0.466 e.